The maximum absolute atomic E-state index is 12.6. The van der Waals surface area contributed by atoms with Crippen LogP contribution in [0.4, 0.5) is 0 Å². The molecule has 0 unspecified atom stereocenters. The van der Waals surface area contributed by atoms with Crippen molar-refractivity contribution in [1.82, 2.24) is 4.90 Å². The van der Waals surface area contributed by atoms with Crippen LogP contribution in [0.2, 0.25) is 0 Å². The molecule has 1 saturated heterocycles. The Balaban J connectivity index is 1.54. The zero-order chi connectivity index (χ0) is 17.2. The zero-order valence-electron chi connectivity index (χ0n) is 14.1. The number of benzene rings is 1. The number of amides is 1. The van der Waals surface area contributed by atoms with Crippen LogP contribution in [0.25, 0.3) is 0 Å². The van der Waals surface area contributed by atoms with Gasteiger partial charge in [0.2, 0.25) is 5.91 Å². The van der Waals surface area contributed by atoms with Crippen LogP contribution in [0.3, 0.4) is 0 Å². The number of hydrogen-bond acceptors (Lipinski definition) is 4. The highest BCUT2D eigenvalue weighted by atomic mass is 32.2. The molecule has 0 radical (unpaired) electrons. The molecule has 6 heteroatoms. The molecule has 3 rings (SSSR count). The van der Waals surface area contributed by atoms with Crippen molar-refractivity contribution >= 4 is 15.7 Å². The Kier molecular flexibility index (Phi) is 5.13. The molecule has 5 nitrogen and oxygen atoms in total. The molecule has 2 aliphatic rings. The van der Waals surface area contributed by atoms with E-state index in [1.165, 1.54) is 0 Å². The van der Waals surface area contributed by atoms with Gasteiger partial charge < -0.3 is 9.64 Å². The van der Waals surface area contributed by atoms with Crippen LogP contribution in [-0.2, 0) is 21.1 Å². The van der Waals surface area contributed by atoms with Gasteiger partial charge in [0.15, 0.2) is 9.84 Å². The topological polar surface area (TPSA) is 63.7 Å². The molecule has 1 aliphatic heterocycles. The number of hydrogen-bond donors (Lipinski definition) is 0. The number of carbonyl (C=O) groups is 1. The molecule has 24 heavy (non-hydrogen) atoms. The first kappa shape index (κ1) is 17.3. The predicted octanol–water partition coefficient (Wildman–Crippen LogP) is 2.20. The lowest BCUT2D eigenvalue weighted by Crippen LogP contribution is -2.59. The molecule has 1 aromatic rings. The lowest BCUT2D eigenvalue weighted by molar-refractivity contribution is -0.133. The zero-order valence-corrected chi connectivity index (χ0v) is 14.9. The Hall–Kier alpha value is -1.56. The van der Waals surface area contributed by atoms with Crippen LogP contribution >= 0.6 is 0 Å². The van der Waals surface area contributed by atoms with E-state index < -0.39 is 9.84 Å². The minimum absolute atomic E-state index is 0.0154. The molecule has 0 aromatic heterocycles. The van der Waals surface area contributed by atoms with Crippen molar-refractivity contribution in [3.05, 3.63) is 29.8 Å². The van der Waals surface area contributed by atoms with Gasteiger partial charge in [-0.2, -0.15) is 0 Å². The molecule has 1 saturated carbocycles. The summed E-state index contributed by atoms with van der Waals surface area (Å²) < 4.78 is 30.4. The molecule has 0 atom stereocenters. The fourth-order valence-electron chi connectivity index (χ4n) is 3.58. The molecule has 1 aliphatic carbocycles. The van der Waals surface area contributed by atoms with Crippen molar-refractivity contribution in [1.29, 1.82) is 0 Å². The highest BCUT2D eigenvalue weighted by Crippen LogP contribution is 2.30. The van der Waals surface area contributed by atoms with E-state index in [0.717, 1.165) is 43.4 Å². The first-order valence-corrected chi connectivity index (χ1v) is 10.2. The van der Waals surface area contributed by atoms with Gasteiger partial charge in [-0.05, 0) is 30.5 Å². The monoisotopic (exact) mass is 351 g/mol. The van der Waals surface area contributed by atoms with E-state index in [1.54, 1.807) is 12.0 Å². The second-order valence-electron chi connectivity index (χ2n) is 6.80. The van der Waals surface area contributed by atoms with E-state index in [2.05, 4.69) is 0 Å². The van der Waals surface area contributed by atoms with Gasteiger partial charge in [-0.15, -0.1) is 0 Å². The normalized spacial score (nSPS) is 19.8. The second kappa shape index (κ2) is 7.13. The quantitative estimate of drug-likeness (QED) is 0.816. The van der Waals surface area contributed by atoms with E-state index in [1.807, 2.05) is 24.3 Å². The lowest BCUT2D eigenvalue weighted by Gasteiger charge is -2.41. The minimum atomic E-state index is -3.09. The van der Waals surface area contributed by atoms with Crippen molar-refractivity contribution < 1.29 is 17.9 Å². The summed E-state index contributed by atoms with van der Waals surface area (Å²) in [5.41, 5.74) is 0.887. The molecular formula is C18H25NO4S. The van der Waals surface area contributed by atoms with E-state index in [0.29, 0.717) is 13.1 Å². The summed E-state index contributed by atoms with van der Waals surface area (Å²) >= 11 is 0. The summed E-state index contributed by atoms with van der Waals surface area (Å²) in [6.45, 7) is 0.698. The van der Waals surface area contributed by atoms with Gasteiger partial charge in [0.25, 0.3) is 0 Å². The Labute approximate surface area is 143 Å². The SMILES string of the molecule is COc1cccc(CC(=O)N2CC(S(=O)(=O)C3CCCCC3)C2)c1. The molecule has 0 bridgehead atoms. The van der Waals surface area contributed by atoms with Crippen LogP contribution in [0.15, 0.2) is 24.3 Å². The standard InChI is InChI=1S/C18H25NO4S/c1-23-15-7-5-6-14(10-15)11-18(20)19-12-17(13-19)24(21,22)16-8-3-2-4-9-16/h5-7,10,16-17H,2-4,8-9,11-13H2,1H3. The van der Waals surface area contributed by atoms with Crippen LogP contribution < -0.4 is 4.74 Å². The van der Waals surface area contributed by atoms with Gasteiger partial charge in [-0.3, -0.25) is 4.79 Å². The molecule has 1 heterocycles. The highest BCUT2D eigenvalue weighted by Gasteiger charge is 2.43. The fraction of sp³-hybridized carbons (Fsp3) is 0.611. The average Bonchev–Trinajstić information content (AvgIpc) is 2.54. The summed E-state index contributed by atoms with van der Waals surface area (Å²) in [5.74, 6) is 0.708. The third kappa shape index (κ3) is 3.58. The number of ether oxygens (including phenoxy) is 1. The largest absolute Gasteiger partial charge is 0.497 e. The Bertz CT molecular complexity index is 689. The summed E-state index contributed by atoms with van der Waals surface area (Å²) in [4.78, 5) is 14.0. The van der Waals surface area contributed by atoms with Gasteiger partial charge >= 0.3 is 0 Å². The Morgan fingerprint density at radius 3 is 2.54 bits per heavy atom. The molecule has 1 amide bonds. The van der Waals surface area contributed by atoms with Crippen molar-refractivity contribution in [2.75, 3.05) is 20.2 Å². The van der Waals surface area contributed by atoms with Gasteiger partial charge in [-0.1, -0.05) is 31.4 Å². The third-order valence-electron chi connectivity index (χ3n) is 5.17. The number of methoxy groups -OCH3 is 1. The Morgan fingerprint density at radius 1 is 1.17 bits per heavy atom. The number of likely N-dealkylation sites (tertiary alicyclic amines) is 1. The first-order chi connectivity index (χ1) is 11.5. The van der Waals surface area contributed by atoms with Crippen LogP contribution in [-0.4, -0.2) is 49.9 Å². The number of carbonyl (C=O) groups excluding carboxylic acids is 1. The highest BCUT2D eigenvalue weighted by molar-refractivity contribution is 7.92. The summed E-state index contributed by atoms with van der Waals surface area (Å²) in [6.07, 6.45) is 5.02. The maximum atomic E-state index is 12.6. The number of sulfone groups is 1. The molecule has 0 N–H and O–H groups in total. The van der Waals surface area contributed by atoms with Crippen molar-refractivity contribution in [2.45, 2.75) is 49.0 Å². The van der Waals surface area contributed by atoms with Crippen LogP contribution in [0.5, 0.6) is 5.75 Å². The molecule has 1 aromatic carbocycles. The van der Waals surface area contributed by atoms with Crippen molar-refractivity contribution in [3.8, 4) is 5.75 Å². The average molecular weight is 351 g/mol. The van der Waals surface area contributed by atoms with Gasteiger partial charge in [-0.25, -0.2) is 8.42 Å². The number of nitrogens with zero attached hydrogens (tertiary/aromatic N) is 1. The maximum Gasteiger partial charge on any atom is 0.227 e. The van der Waals surface area contributed by atoms with E-state index in [9.17, 15) is 13.2 Å². The van der Waals surface area contributed by atoms with E-state index >= 15 is 0 Å². The second-order valence-corrected chi connectivity index (χ2v) is 9.31. The fourth-order valence-corrected chi connectivity index (χ4v) is 5.89. The summed E-state index contributed by atoms with van der Waals surface area (Å²) in [6, 6.07) is 7.42. The van der Waals surface area contributed by atoms with Gasteiger partial charge in [0.1, 0.15) is 5.75 Å². The smallest absolute Gasteiger partial charge is 0.227 e. The minimum Gasteiger partial charge on any atom is -0.497 e. The van der Waals surface area contributed by atoms with Crippen LogP contribution in [0.1, 0.15) is 37.7 Å². The van der Waals surface area contributed by atoms with E-state index in [4.69, 9.17) is 4.74 Å². The first-order valence-electron chi connectivity index (χ1n) is 8.64. The molecule has 132 valence electrons. The van der Waals surface area contributed by atoms with Crippen molar-refractivity contribution in [3.63, 3.8) is 0 Å². The van der Waals surface area contributed by atoms with Gasteiger partial charge in [0, 0.05) is 13.1 Å². The van der Waals surface area contributed by atoms with Crippen molar-refractivity contribution in [2.24, 2.45) is 0 Å². The van der Waals surface area contributed by atoms with E-state index in [-0.39, 0.29) is 22.8 Å². The summed E-state index contributed by atoms with van der Waals surface area (Å²) in [7, 11) is -1.49. The summed E-state index contributed by atoms with van der Waals surface area (Å²) in [5, 5.41) is -0.554. The number of rotatable bonds is 5. The third-order valence-corrected chi connectivity index (χ3v) is 7.80. The molecule has 2 fully saturated rings. The molecular weight excluding hydrogens is 326 g/mol. The predicted molar refractivity (Wildman–Crippen MR) is 92.9 cm³/mol. The van der Waals surface area contributed by atoms with Gasteiger partial charge in [0.05, 0.1) is 24.0 Å². The van der Waals surface area contributed by atoms with Crippen LogP contribution in [0, 0.1) is 0 Å². The Morgan fingerprint density at radius 2 is 1.88 bits per heavy atom. The molecule has 0 spiro atoms. The lowest BCUT2D eigenvalue weighted by atomic mass is 10.0.